The van der Waals surface area contributed by atoms with Gasteiger partial charge in [-0.2, -0.15) is 4.98 Å². The first kappa shape index (κ1) is 21.8. The van der Waals surface area contributed by atoms with Gasteiger partial charge < -0.3 is 24.8 Å². The molecule has 0 aromatic carbocycles. The van der Waals surface area contributed by atoms with Crippen molar-refractivity contribution in [2.24, 2.45) is 5.92 Å². The van der Waals surface area contributed by atoms with Crippen LogP contribution < -0.4 is 19.7 Å². The highest BCUT2D eigenvalue weighted by Crippen LogP contribution is 2.36. The average Bonchev–Trinajstić information content (AvgIpc) is 3.37. The number of aliphatic hydroxyl groups excluding tert-OH is 1. The molecule has 1 fully saturated rings. The molecule has 1 unspecified atom stereocenters. The van der Waals surface area contributed by atoms with Crippen LogP contribution in [0.2, 0.25) is 0 Å². The van der Waals surface area contributed by atoms with Crippen LogP contribution in [0.5, 0.6) is 11.6 Å². The maximum atomic E-state index is 9.64. The second-order valence-electron chi connectivity index (χ2n) is 8.01. The van der Waals surface area contributed by atoms with Gasteiger partial charge in [0.15, 0.2) is 5.82 Å². The molecular weight excluding hydrogens is 434 g/mol. The lowest BCUT2D eigenvalue weighted by Crippen LogP contribution is -2.22. The van der Waals surface area contributed by atoms with E-state index >= 15 is 0 Å². The Labute approximate surface area is 196 Å². The fourth-order valence-corrected chi connectivity index (χ4v) is 4.09. The van der Waals surface area contributed by atoms with Gasteiger partial charge in [0.2, 0.25) is 5.88 Å². The fourth-order valence-electron chi connectivity index (χ4n) is 4.09. The van der Waals surface area contributed by atoms with Gasteiger partial charge in [-0.25, -0.2) is 15.0 Å². The van der Waals surface area contributed by atoms with E-state index in [0.717, 1.165) is 36.3 Å². The van der Waals surface area contributed by atoms with Gasteiger partial charge in [-0.1, -0.05) is 6.07 Å². The van der Waals surface area contributed by atoms with Crippen LogP contribution in [0.15, 0.2) is 48.9 Å². The number of nitrogens with zero attached hydrogens (tertiary/aromatic N) is 6. The lowest BCUT2D eigenvalue weighted by atomic mass is 10.1. The SMILES string of the molecule is COc1cccc(Nc2cc(-c3nc(N4CCC(CO)C4)c4c(OC)cncc4n3)ccn2)n1. The average molecular weight is 460 g/mol. The molecule has 0 radical (unpaired) electrons. The lowest BCUT2D eigenvalue weighted by Gasteiger charge is -2.21. The first-order valence-electron chi connectivity index (χ1n) is 11.0. The number of aromatic nitrogens is 5. The molecule has 34 heavy (non-hydrogen) atoms. The van der Waals surface area contributed by atoms with Crippen LogP contribution in [0, 0.1) is 5.92 Å². The standard InChI is InChI=1S/C24H25N7O3/c1-33-18-12-25-11-17-22(18)24(31-9-7-15(13-31)14-32)30-23(27-17)16-6-8-26-20(10-16)28-19-4-3-5-21(29-19)34-2/h3-6,8,10-12,15,32H,7,9,13-14H2,1-2H3,(H,26,28,29). The zero-order chi connectivity index (χ0) is 23.5. The second-order valence-corrected chi connectivity index (χ2v) is 8.01. The van der Waals surface area contributed by atoms with Crippen LogP contribution in [-0.4, -0.2) is 63.9 Å². The van der Waals surface area contributed by atoms with Gasteiger partial charge >= 0.3 is 0 Å². The molecule has 4 aromatic heterocycles. The van der Waals surface area contributed by atoms with E-state index in [0.29, 0.717) is 34.6 Å². The lowest BCUT2D eigenvalue weighted by molar-refractivity contribution is 0.238. The zero-order valence-electron chi connectivity index (χ0n) is 19.0. The molecule has 10 nitrogen and oxygen atoms in total. The van der Waals surface area contributed by atoms with E-state index in [1.54, 1.807) is 38.9 Å². The molecule has 1 aliphatic heterocycles. The molecule has 5 rings (SSSR count). The predicted octanol–water partition coefficient (Wildman–Crippen LogP) is 3.06. The van der Waals surface area contributed by atoms with E-state index < -0.39 is 0 Å². The zero-order valence-corrected chi connectivity index (χ0v) is 19.0. The first-order chi connectivity index (χ1) is 16.7. The van der Waals surface area contributed by atoms with Gasteiger partial charge in [0.1, 0.15) is 23.2 Å². The van der Waals surface area contributed by atoms with Crippen molar-refractivity contribution >= 4 is 28.4 Å². The number of aliphatic hydroxyl groups is 1. The van der Waals surface area contributed by atoms with Crippen LogP contribution in [0.1, 0.15) is 6.42 Å². The topological polar surface area (TPSA) is 118 Å². The van der Waals surface area contributed by atoms with Gasteiger partial charge in [0.05, 0.1) is 37.5 Å². The molecule has 174 valence electrons. The van der Waals surface area contributed by atoms with Gasteiger partial charge in [0.25, 0.3) is 0 Å². The Balaban J connectivity index is 1.56. The molecule has 0 spiro atoms. The minimum atomic E-state index is 0.156. The van der Waals surface area contributed by atoms with Gasteiger partial charge in [-0.3, -0.25) is 4.98 Å². The maximum absolute atomic E-state index is 9.64. The molecule has 4 aromatic rings. The van der Waals surface area contributed by atoms with E-state index in [1.807, 2.05) is 24.3 Å². The molecule has 1 saturated heterocycles. The summed E-state index contributed by atoms with van der Waals surface area (Å²) in [4.78, 5) is 25.0. The summed E-state index contributed by atoms with van der Waals surface area (Å²) < 4.78 is 10.8. The van der Waals surface area contributed by atoms with Gasteiger partial charge in [-0.05, 0) is 24.6 Å². The van der Waals surface area contributed by atoms with Crippen LogP contribution in [0.4, 0.5) is 17.5 Å². The highest BCUT2D eigenvalue weighted by atomic mass is 16.5. The van der Waals surface area contributed by atoms with Crippen molar-refractivity contribution in [2.75, 3.05) is 44.1 Å². The molecule has 1 atom stereocenters. The number of rotatable bonds is 7. The number of anilines is 3. The third kappa shape index (κ3) is 4.27. The number of methoxy groups -OCH3 is 2. The van der Waals surface area contributed by atoms with Crippen LogP contribution in [-0.2, 0) is 0 Å². The summed E-state index contributed by atoms with van der Waals surface area (Å²) in [5.74, 6) is 3.89. The van der Waals surface area contributed by atoms with E-state index in [2.05, 4.69) is 25.2 Å². The molecule has 2 N–H and O–H groups in total. The van der Waals surface area contributed by atoms with Crippen LogP contribution in [0.25, 0.3) is 22.3 Å². The van der Waals surface area contributed by atoms with Crippen molar-refractivity contribution in [1.82, 2.24) is 24.9 Å². The van der Waals surface area contributed by atoms with E-state index in [1.165, 1.54) is 0 Å². The normalized spacial score (nSPS) is 15.5. The van der Waals surface area contributed by atoms with Crippen molar-refractivity contribution < 1.29 is 14.6 Å². The summed E-state index contributed by atoms with van der Waals surface area (Å²) in [5, 5.41) is 13.7. The monoisotopic (exact) mass is 459 g/mol. The molecule has 5 heterocycles. The van der Waals surface area contributed by atoms with Gasteiger partial charge in [-0.15, -0.1) is 0 Å². The molecular formula is C24H25N7O3. The highest BCUT2D eigenvalue weighted by Gasteiger charge is 2.26. The molecule has 10 heteroatoms. The summed E-state index contributed by atoms with van der Waals surface area (Å²) in [5.41, 5.74) is 1.48. The third-order valence-electron chi connectivity index (χ3n) is 5.82. The van der Waals surface area contributed by atoms with Gasteiger partial charge in [0, 0.05) is 43.4 Å². The largest absolute Gasteiger partial charge is 0.494 e. The maximum Gasteiger partial charge on any atom is 0.214 e. The van der Waals surface area contributed by atoms with E-state index in [4.69, 9.17) is 19.4 Å². The number of nitrogens with one attached hydrogen (secondary N) is 1. The van der Waals surface area contributed by atoms with E-state index in [9.17, 15) is 5.11 Å². The minimum Gasteiger partial charge on any atom is -0.494 e. The fraction of sp³-hybridized carbons (Fsp3) is 0.292. The molecule has 0 saturated carbocycles. The molecule has 0 aliphatic carbocycles. The van der Waals surface area contributed by atoms with Crippen molar-refractivity contribution in [3.8, 4) is 23.0 Å². The summed E-state index contributed by atoms with van der Waals surface area (Å²) in [6.45, 7) is 1.67. The Morgan fingerprint density at radius 1 is 1.09 bits per heavy atom. The summed E-state index contributed by atoms with van der Waals surface area (Å²) in [7, 11) is 3.19. The number of ether oxygens (including phenoxy) is 2. The van der Waals surface area contributed by atoms with Crippen LogP contribution >= 0.6 is 0 Å². The highest BCUT2D eigenvalue weighted by molar-refractivity contribution is 5.95. The number of hydrogen-bond donors (Lipinski definition) is 2. The quantitative estimate of drug-likeness (QED) is 0.427. The summed E-state index contributed by atoms with van der Waals surface area (Å²) in [6, 6.07) is 9.21. The third-order valence-corrected chi connectivity index (χ3v) is 5.82. The minimum absolute atomic E-state index is 0.156. The number of hydrogen-bond acceptors (Lipinski definition) is 10. The Bertz CT molecular complexity index is 1320. The Kier molecular flexibility index (Phi) is 6.05. The Morgan fingerprint density at radius 3 is 2.79 bits per heavy atom. The molecule has 0 bridgehead atoms. The summed E-state index contributed by atoms with van der Waals surface area (Å²) in [6.07, 6.45) is 5.99. The second kappa shape index (κ2) is 9.44. The number of pyridine rings is 3. The Morgan fingerprint density at radius 2 is 2.00 bits per heavy atom. The number of fused-ring (bicyclic) bond motifs is 1. The Hall–Kier alpha value is -4.05. The predicted molar refractivity (Wildman–Crippen MR) is 129 cm³/mol. The first-order valence-corrected chi connectivity index (χ1v) is 11.0. The van der Waals surface area contributed by atoms with Crippen molar-refractivity contribution in [1.29, 1.82) is 0 Å². The van der Waals surface area contributed by atoms with Crippen LogP contribution in [0.3, 0.4) is 0 Å². The van der Waals surface area contributed by atoms with E-state index in [-0.39, 0.29) is 12.5 Å². The van der Waals surface area contributed by atoms with Crippen molar-refractivity contribution in [2.45, 2.75) is 6.42 Å². The molecule has 0 amide bonds. The van der Waals surface area contributed by atoms with Crippen molar-refractivity contribution in [3.05, 3.63) is 48.9 Å². The smallest absolute Gasteiger partial charge is 0.214 e. The molecule has 1 aliphatic rings. The summed E-state index contributed by atoms with van der Waals surface area (Å²) >= 11 is 0. The van der Waals surface area contributed by atoms with Crippen molar-refractivity contribution in [3.63, 3.8) is 0 Å².